The zero-order valence-electron chi connectivity index (χ0n) is 14.9. The van der Waals surface area contributed by atoms with E-state index in [0.717, 1.165) is 22.3 Å². The normalized spacial score (nSPS) is 14.2. The Balaban J connectivity index is 1.70. The van der Waals surface area contributed by atoms with Crippen LogP contribution in [0.25, 0.3) is 11.1 Å². The van der Waals surface area contributed by atoms with Gasteiger partial charge in [-0.1, -0.05) is 48.5 Å². The summed E-state index contributed by atoms with van der Waals surface area (Å²) in [7, 11) is -11.3. The SMILES string of the molecule is O=C(NCC(O)(P(=O)(O)O)P(=O)(O)O)OCC1c2ccccc2-c2ccccc21. The number of amides is 1. The van der Waals surface area contributed by atoms with Gasteiger partial charge in [0.15, 0.2) is 0 Å². The highest BCUT2D eigenvalue weighted by Gasteiger charge is 2.59. The van der Waals surface area contributed by atoms with Crippen LogP contribution in [0.5, 0.6) is 0 Å². The van der Waals surface area contributed by atoms with Crippen molar-refractivity contribution in [2.24, 2.45) is 0 Å². The van der Waals surface area contributed by atoms with Gasteiger partial charge in [-0.15, -0.1) is 0 Å². The maximum Gasteiger partial charge on any atom is 0.407 e. The van der Waals surface area contributed by atoms with Crippen molar-refractivity contribution in [3.8, 4) is 11.1 Å². The molecule has 0 radical (unpaired) electrons. The molecule has 0 aliphatic heterocycles. The van der Waals surface area contributed by atoms with Gasteiger partial charge in [0.05, 0.1) is 6.54 Å². The van der Waals surface area contributed by atoms with Crippen molar-refractivity contribution >= 4 is 21.3 Å². The quantitative estimate of drug-likeness (QED) is 0.362. The van der Waals surface area contributed by atoms with Crippen molar-refractivity contribution in [2.75, 3.05) is 13.2 Å². The van der Waals surface area contributed by atoms with E-state index in [0.29, 0.717) is 0 Å². The first-order valence-electron chi connectivity index (χ1n) is 8.38. The standard InChI is InChI=1S/C17H19NO9P2/c19-16(18-10-17(20,28(21,22)23)29(24,25)26)27-9-15-13-7-3-1-5-11(13)12-6-2-4-8-14(12)15/h1-8,15,20H,9-10H2,(H,18,19)(H2,21,22,23)(H2,24,25,26). The maximum absolute atomic E-state index is 12.0. The highest BCUT2D eigenvalue weighted by Crippen LogP contribution is 2.67. The molecule has 1 amide bonds. The molecule has 1 aliphatic carbocycles. The summed E-state index contributed by atoms with van der Waals surface area (Å²) < 4.78 is 27.7. The fraction of sp³-hybridized carbons (Fsp3) is 0.235. The van der Waals surface area contributed by atoms with E-state index in [-0.39, 0.29) is 12.5 Å². The van der Waals surface area contributed by atoms with E-state index >= 15 is 0 Å². The van der Waals surface area contributed by atoms with Gasteiger partial charge < -0.3 is 34.7 Å². The molecule has 0 saturated carbocycles. The molecule has 6 N–H and O–H groups in total. The summed E-state index contributed by atoms with van der Waals surface area (Å²) in [5, 5.41) is 7.84. The van der Waals surface area contributed by atoms with Gasteiger partial charge in [0.2, 0.25) is 0 Å². The van der Waals surface area contributed by atoms with E-state index in [4.69, 9.17) is 24.3 Å². The fourth-order valence-electron chi connectivity index (χ4n) is 3.22. The van der Waals surface area contributed by atoms with Crippen LogP contribution in [-0.4, -0.2) is 49.0 Å². The number of carbonyl (C=O) groups is 1. The Kier molecular flexibility index (Phi) is 5.73. The fourth-order valence-corrected chi connectivity index (χ4v) is 5.14. The van der Waals surface area contributed by atoms with Gasteiger partial charge in [-0.2, -0.15) is 0 Å². The Labute approximate surface area is 165 Å². The van der Waals surface area contributed by atoms with Crippen LogP contribution in [0.4, 0.5) is 4.79 Å². The molecule has 29 heavy (non-hydrogen) atoms. The second-order valence-corrected chi connectivity index (χ2v) is 10.6. The molecule has 0 aromatic heterocycles. The number of hydrogen-bond acceptors (Lipinski definition) is 5. The Morgan fingerprint density at radius 2 is 1.38 bits per heavy atom. The third-order valence-electron chi connectivity index (χ3n) is 4.75. The van der Waals surface area contributed by atoms with E-state index < -0.39 is 32.9 Å². The number of ether oxygens (including phenoxy) is 1. The topological polar surface area (TPSA) is 174 Å². The average molecular weight is 443 g/mol. The molecule has 0 atom stereocenters. The number of aliphatic hydroxyl groups is 1. The van der Waals surface area contributed by atoms with Gasteiger partial charge in [-0.05, 0) is 22.3 Å². The number of nitrogens with one attached hydrogen (secondary N) is 1. The minimum atomic E-state index is -5.67. The summed E-state index contributed by atoms with van der Waals surface area (Å²) in [4.78, 5) is 48.3. The van der Waals surface area contributed by atoms with Crippen LogP contribution in [0, 0.1) is 0 Å². The molecule has 12 heteroatoms. The molecule has 156 valence electrons. The molecule has 0 heterocycles. The van der Waals surface area contributed by atoms with Gasteiger partial charge in [-0.3, -0.25) is 9.13 Å². The minimum Gasteiger partial charge on any atom is -0.449 e. The second kappa shape index (κ2) is 7.66. The van der Waals surface area contributed by atoms with Crippen molar-refractivity contribution < 1.29 is 43.3 Å². The van der Waals surface area contributed by atoms with E-state index in [9.17, 15) is 19.0 Å². The number of benzene rings is 2. The summed E-state index contributed by atoms with van der Waals surface area (Å²) in [5.41, 5.74) is 3.86. The molecule has 2 aromatic carbocycles. The first-order valence-corrected chi connectivity index (χ1v) is 11.6. The third-order valence-corrected chi connectivity index (χ3v) is 8.49. The molecule has 2 aromatic rings. The van der Waals surface area contributed by atoms with Gasteiger partial charge in [0.1, 0.15) is 6.61 Å². The summed E-state index contributed by atoms with van der Waals surface area (Å²) >= 11 is 0. The number of alkyl carbamates (subject to hydrolysis) is 1. The molecule has 3 rings (SSSR count). The van der Waals surface area contributed by atoms with Crippen molar-refractivity contribution in [3.05, 3.63) is 59.7 Å². The smallest absolute Gasteiger partial charge is 0.407 e. The van der Waals surface area contributed by atoms with Crippen LogP contribution in [-0.2, 0) is 13.9 Å². The van der Waals surface area contributed by atoms with Crippen LogP contribution >= 0.6 is 15.2 Å². The van der Waals surface area contributed by atoms with E-state index in [1.807, 2.05) is 53.8 Å². The molecular weight excluding hydrogens is 424 g/mol. The van der Waals surface area contributed by atoms with Crippen molar-refractivity contribution in [3.63, 3.8) is 0 Å². The van der Waals surface area contributed by atoms with E-state index in [1.165, 1.54) is 0 Å². The van der Waals surface area contributed by atoms with Gasteiger partial charge in [0.25, 0.3) is 5.08 Å². The van der Waals surface area contributed by atoms with E-state index in [2.05, 4.69) is 0 Å². The largest absolute Gasteiger partial charge is 0.449 e. The molecule has 1 aliphatic rings. The summed E-state index contributed by atoms with van der Waals surface area (Å²) in [6.45, 7) is -1.51. The molecule has 0 fully saturated rings. The first kappa shape index (κ1) is 21.7. The zero-order chi connectivity index (χ0) is 21.4. The number of fused-ring (bicyclic) bond motifs is 3. The van der Waals surface area contributed by atoms with Gasteiger partial charge in [-0.25, -0.2) is 4.79 Å². The lowest BCUT2D eigenvalue weighted by Gasteiger charge is -2.29. The molecule has 0 unspecified atom stereocenters. The highest BCUT2D eigenvalue weighted by molar-refractivity contribution is 7.72. The Morgan fingerprint density at radius 1 is 0.931 bits per heavy atom. The number of carbonyl (C=O) groups excluding carboxylic acids is 1. The van der Waals surface area contributed by atoms with Crippen LogP contribution in [0.3, 0.4) is 0 Å². The minimum absolute atomic E-state index is 0.121. The predicted octanol–water partition coefficient (Wildman–Crippen LogP) is 1.53. The van der Waals surface area contributed by atoms with Crippen LogP contribution in [0.15, 0.2) is 48.5 Å². The predicted molar refractivity (Wildman–Crippen MR) is 102 cm³/mol. The number of rotatable bonds is 6. The molecular formula is C17H19NO9P2. The Bertz CT molecular complexity index is 962. The van der Waals surface area contributed by atoms with Crippen LogP contribution in [0.2, 0.25) is 0 Å². The maximum atomic E-state index is 12.0. The summed E-state index contributed by atoms with van der Waals surface area (Å²) in [6, 6.07) is 15.1. The molecule has 0 bridgehead atoms. The lowest BCUT2D eigenvalue weighted by molar-refractivity contribution is 0.114. The highest BCUT2D eigenvalue weighted by atomic mass is 31.2. The summed E-state index contributed by atoms with van der Waals surface area (Å²) in [5.74, 6) is -0.282. The van der Waals surface area contributed by atoms with Crippen LogP contribution in [0.1, 0.15) is 17.0 Å². The summed E-state index contributed by atoms with van der Waals surface area (Å²) in [6.07, 6.45) is -1.19. The average Bonchev–Trinajstić information content (AvgIpc) is 2.96. The van der Waals surface area contributed by atoms with Crippen molar-refractivity contribution in [1.82, 2.24) is 5.32 Å². The van der Waals surface area contributed by atoms with Crippen molar-refractivity contribution in [1.29, 1.82) is 0 Å². The van der Waals surface area contributed by atoms with E-state index in [1.54, 1.807) is 0 Å². The van der Waals surface area contributed by atoms with Crippen LogP contribution < -0.4 is 5.32 Å². The third kappa shape index (κ3) is 4.01. The van der Waals surface area contributed by atoms with Crippen molar-refractivity contribution in [2.45, 2.75) is 11.0 Å². The Hall–Kier alpha value is -2.03. The van der Waals surface area contributed by atoms with Gasteiger partial charge >= 0.3 is 21.3 Å². The molecule has 0 saturated heterocycles. The molecule has 0 spiro atoms. The number of hydrogen-bond donors (Lipinski definition) is 6. The van der Waals surface area contributed by atoms with Gasteiger partial charge in [0, 0.05) is 5.92 Å². The monoisotopic (exact) mass is 443 g/mol. The Morgan fingerprint density at radius 3 is 1.83 bits per heavy atom. The zero-order valence-corrected chi connectivity index (χ0v) is 16.7. The first-order chi connectivity index (χ1) is 13.5. The lowest BCUT2D eigenvalue weighted by Crippen LogP contribution is -2.43. The second-order valence-electron chi connectivity index (χ2n) is 6.54. The lowest BCUT2D eigenvalue weighted by atomic mass is 9.98. The molecule has 10 nitrogen and oxygen atoms in total.